The van der Waals surface area contributed by atoms with Crippen molar-refractivity contribution in [2.24, 2.45) is 0 Å². The van der Waals surface area contributed by atoms with Gasteiger partial charge in [0, 0.05) is 6.92 Å². The number of carbonyl (C=O) groups excluding carboxylic acids is 2. The van der Waals surface area contributed by atoms with Crippen molar-refractivity contribution in [3.63, 3.8) is 0 Å². The van der Waals surface area contributed by atoms with Crippen molar-refractivity contribution in [3.8, 4) is 0 Å². The Kier molecular flexibility index (Phi) is 4.96. The fraction of sp³-hybridized carbons (Fsp3) is 0.556. The molecular weight excluding hydrogens is 290 g/mol. The highest BCUT2D eigenvalue weighted by atomic mass is 16.2. The van der Waals surface area contributed by atoms with Crippen molar-refractivity contribution >= 4 is 11.8 Å². The molecule has 1 aliphatic carbocycles. The zero-order valence-electron chi connectivity index (χ0n) is 13.8. The second-order valence-corrected chi connectivity index (χ2v) is 6.64. The Morgan fingerprint density at radius 3 is 2.74 bits per heavy atom. The number of aryl methyl sites for hydroxylation is 1. The second-order valence-electron chi connectivity index (χ2n) is 6.64. The Morgan fingerprint density at radius 1 is 1.26 bits per heavy atom. The van der Waals surface area contributed by atoms with Gasteiger partial charge in [-0.1, -0.05) is 24.3 Å². The standard InChI is InChI=1S/C18H25N3O2/c1-14(22)21-11-9-20(10-12-21)13-18(23)19-17-8-4-6-15-5-2-3-7-16(15)17/h2-3,5,7,17H,4,6,8-13H2,1H3,(H,19,23)/p+1/t17-/m0/s1. The number of amides is 2. The van der Waals surface area contributed by atoms with Crippen molar-refractivity contribution in [1.29, 1.82) is 0 Å². The normalized spacial score (nSPS) is 21.6. The molecule has 2 N–H and O–H groups in total. The molecular formula is C18H26N3O2+. The Balaban J connectivity index is 1.52. The summed E-state index contributed by atoms with van der Waals surface area (Å²) in [6, 6.07) is 8.58. The van der Waals surface area contributed by atoms with Gasteiger partial charge in [0.05, 0.1) is 32.2 Å². The number of benzene rings is 1. The number of nitrogens with zero attached hydrogens (tertiary/aromatic N) is 1. The molecule has 1 atom stereocenters. The van der Waals surface area contributed by atoms with Crippen molar-refractivity contribution in [1.82, 2.24) is 10.2 Å². The first kappa shape index (κ1) is 16.0. The molecule has 0 saturated carbocycles. The van der Waals surface area contributed by atoms with Crippen LogP contribution in [0, 0.1) is 0 Å². The first-order valence-electron chi connectivity index (χ1n) is 8.60. The van der Waals surface area contributed by atoms with Gasteiger partial charge in [-0.15, -0.1) is 0 Å². The highest BCUT2D eigenvalue weighted by molar-refractivity contribution is 5.77. The molecule has 124 valence electrons. The summed E-state index contributed by atoms with van der Waals surface area (Å²) in [4.78, 5) is 26.9. The fourth-order valence-corrected chi connectivity index (χ4v) is 3.69. The molecule has 3 rings (SSSR count). The predicted octanol–water partition coefficient (Wildman–Crippen LogP) is -0.0728. The summed E-state index contributed by atoms with van der Waals surface area (Å²) >= 11 is 0. The Hall–Kier alpha value is -1.88. The highest BCUT2D eigenvalue weighted by Crippen LogP contribution is 2.29. The number of carbonyl (C=O) groups is 2. The molecule has 1 aromatic carbocycles. The number of hydrogen-bond acceptors (Lipinski definition) is 2. The van der Waals surface area contributed by atoms with E-state index >= 15 is 0 Å². The van der Waals surface area contributed by atoms with Gasteiger partial charge in [-0.05, 0) is 30.4 Å². The molecule has 0 radical (unpaired) electrons. The van der Waals surface area contributed by atoms with E-state index in [1.807, 2.05) is 4.90 Å². The average molecular weight is 316 g/mol. The van der Waals surface area contributed by atoms with E-state index < -0.39 is 0 Å². The van der Waals surface area contributed by atoms with Crippen LogP contribution >= 0.6 is 0 Å². The van der Waals surface area contributed by atoms with Gasteiger partial charge in [0.25, 0.3) is 5.91 Å². The summed E-state index contributed by atoms with van der Waals surface area (Å²) in [7, 11) is 0. The van der Waals surface area contributed by atoms with Crippen LogP contribution in [0.3, 0.4) is 0 Å². The largest absolute Gasteiger partial charge is 0.344 e. The zero-order chi connectivity index (χ0) is 16.2. The van der Waals surface area contributed by atoms with Crippen LogP contribution in [-0.2, 0) is 16.0 Å². The predicted molar refractivity (Wildman–Crippen MR) is 88.1 cm³/mol. The van der Waals surface area contributed by atoms with Crippen LogP contribution < -0.4 is 10.2 Å². The lowest BCUT2D eigenvalue weighted by Crippen LogP contribution is -3.15. The van der Waals surface area contributed by atoms with E-state index in [0.717, 1.165) is 45.4 Å². The average Bonchev–Trinajstić information content (AvgIpc) is 2.55. The molecule has 5 heteroatoms. The third-order valence-electron chi connectivity index (χ3n) is 5.03. The fourth-order valence-electron chi connectivity index (χ4n) is 3.69. The molecule has 1 saturated heterocycles. The lowest BCUT2D eigenvalue weighted by atomic mass is 9.88. The van der Waals surface area contributed by atoms with Gasteiger partial charge >= 0.3 is 0 Å². The monoisotopic (exact) mass is 316 g/mol. The SMILES string of the molecule is CC(=O)N1CC[NH+](CC(=O)N[C@H]2CCCc3ccccc32)CC1. The van der Waals surface area contributed by atoms with Crippen LogP contribution in [0.25, 0.3) is 0 Å². The highest BCUT2D eigenvalue weighted by Gasteiger charge is 2.26. The molecule has 5 nitrogen and oxygen atoms in total. The zero-order valence-corrected chi connectivity index (χ0v) is 13.8. The molecule has 0 unspecified atom stereocenters. The van der Waals surface area contributed by atoms with E-state index in [2.05, 4.69) is 29.6 Å². The van der Waals surface area contributed by atoms with Crippen molar-refractivity contribution in [2.45, 2.75) is 32.2 Å². The molecule has 1 aromatic rings. The summed E-state index contributed by atoms with van der Waals surface area (Å²) in [6.07, 6.45) is 3.27. The number of fused-ring (bicyclic) bond motifs is 1. The minimum Gasteiger partial charge on any atom is -0.344 e. The minimum atomic E-state index is 0.123. The van der Waals surface area contributed by atoms with Gasteiger partial charge in [-0.3, -0.25) is 9.59 Å². The van der Waals surface area contributed by atoms with Gasteiger partial charge in [-0.2, -0.15) is 0 Å². The van der Waals surface area contributed by atoms with Gasteiger partial charge < -0.3 is 15.1 Å². The van der Waals surface area contributed by atoms with E-state index in [-0.39, 0.29) is 17.9 Å². The van der Waals surface area contributed by atoms with E-state index in [0.29, 0.717) is 6.54 Å². The van der Waals surface area contributed by atoms with Crippen LogP contribution in [0.15, 0.2) is 24.3 Å². The molecule has 1 fully saturated rings. The lowest BCUT2D eigenvalue weighted by molar-refractivity contribution is -0.896. The van der Waals surface area contributed by atoms with Crippen molar-refractivity contribution in [2.75, 3.05) is 32.7 Å². The number of quaternary nitrogens is 1. The third-order valence-corrected chi connectivity index (χ3v) is 5.03. The van der Waals surface area contributed by atoms with Crippen molar-refractivity contribution < 1.29 is 14.5 Å². The Morgan fingerprint density at radius 2 is 2.00 bits per heavy atom. The van der Waals surface area contributed by atoms with E-state index in [1.54, 1.807) is 6.92 Å². The summed E-state index contributed by atoms with van der Waals surface area (Å²) in [5.41, 5.74) is 2.65. The number of rotatable bonds is 3. The second kappa shape index (κ2) is 7.13. The molecule has 23 heavy (non-hydrogen) atoms. The van der Waals surface area contributed by atoms with Crippen molar-refractivity contribution in [3.05, 3.63) is 35.4 Å². The topological polar surface area (TPSA) is 53.9 Å². The molecule has 2 aliphatic rings. The molecule has 0 spiro atoms. The summed E-state index contributed by atoms with van der Waals surface area (Å²) in [5, 5.41) is 3.22. The van der Waals surface area contributed by atoms with E-state index in [4.69, 9.17) is 0 Å². The minimum absolute atomic E-state index is 0.123. The first-order chi connectivity index (χ1) is 11.1. The molecule has 1 heterocycles. The third kappa shape index (κ3) is 3.91. The van der Waals surface area contributed by atoms with Gasteiger partial charge in [0.2, 0.25) is 5.91 Å². The smallest absolute Gasteiger partial charge is 0.275 e. The summed E-state index contributed by atoms with van der Waals surface area (Å²) < 4.78 is 0. The van der Waals surface area contributed by atoms with E-state index in [1.165, 1.54) is 16.0 Å². The van der Waals surface area contributed by atoms with Gasteiger partial charge in [0.1, 0.15) is 0 Å². The van der Waals surface area contributed by atoms with Crippen LogP contribution in [0.1, 0.15) is 36.9 Å². The first-order valence-corrected chi connectivity index (χ1v) is 8.60. The van der Waals surface area contributed by atoms with Crippen LogP contribution in [0.5, 0.6) is 0 Å². The van der Waals surface area contributed by atoms with Gasteiger partial charge in [-0.25, -0.2) is 0 Å². The maximum absolute atomic E-state index is 12.4. The van der Waals surface area contributed by atoms with Crippen LogP contribution in [0.4, 0.5) is 0 Å². The summed E-state index contributed by atoms with van der Waals surface area (Å²) in [6.45, 7) is 5.33. The summed E-state index contributed by atoms with van der Waals surface area (Å²) in [5.74, 6) is 0.255. The Bertz CT molecular complexity index is 579. The number of piperazine rings is 1. The lowest BCUT2D eigenvalue weighted by Gasteiger charge is -2.32. The quantitative estimate of drug-likeness (QED) is 0.820. The number of nitrogens with one attached hydrogen (secondary N) is 2. The van der Waals surface area contributed by atoms with Crippen LogP contribution in [0.2, 0.25) is 0 Å². The molecule has 2 amide bonds. The van der Waals surface area contributed by atoms with E-state index in [9.17, 15) is 9.59 Å². The number of hydrogen-bond donors (Lipinski definition) is 2. The maximum Gasteiger partial charge on any atom is 0.275 e. The Labute approximate surface area is 137 Å². The molecule has 0 bridgehead atoms. The van der Waals surface area contributed by atoms with Gasteiger partial charge in [0.15, 0.2) is 6.54 Å². The van der Waals surface area contributed by atoms with Crippen LogP contribution in [-0.4, -0.2) is 49.4 Å². The molecule has 1 aliphatic heterocycles. The maximum atomic E-state index is 12.4. The molecule has 0 aromatic heterocycles.